The molecule has 0 spiro atoms. The Morgan fingerprint density at radius 3 is 2.60 bits per heavy atom. The topological polar surface area (TPSA) is 35.5 Å². The summed E-state index contributed by atoms with van der Waals surface area (Å²) in [7, 11) is 1.44. The summed E-state index contributed by atoms with van der Waals surface area (Å²) < 4.78 is 23.7. The van der Waals surface area contributed by atoms with Gasteiger partial charge in [-0.05, 0) is 36.8 Å². The Morgan fingerprint density at radius 2 is 1.90 bits per heavy atom. The SMILES string of the molecule is COc1ccc(F)cc1C(=O)COc1ccccc1C. The molecule has 3 nitrogen and oxygen atoms in total. The van der Waals surface area contributed by atoms with E-state index in [9.17, 15) is 9.18 Å². The zero-order valence-electron chi connectivity index (χ0n) is 11.4. The molecule has 0 aliphatic carbocycles. The van der Waals surface area contributed by atoms with E-state index in [0.717, 1.165) is 11.6 Å². The van der Waals surface area contributed by atoms with Crippen LogP contribution in [0.1, 0.15) is 15.9 Å². The van der Waals surface area contributed by atoms with Crippen molar-refractivity contribution < 1.29 is 18.7 Å². The van der Waals surface area contributed by atoms with Crippen LogP contribution in [0.5, 0.6) is 11.5 Å². The van der Waals surface area contributed by atoms with E-state index in [2.05, 4.69) is 0 Å². The van der Waals surface area contributed by atoms with E-state index in [1.165, 1.54) is 19.2 Å². The minimum atomic E-state index is -0.481. The summed E-state index contributed by atoms with van der Waals surface area (Å²) in [4.78, 5) is 12.1. The summed E-state index contributed by atoms with van der Waals surface area (Å²) in [6.07, 6.45) is 0. The van der Waals surface area contributed by atoms with Gasteiger partial charge in [-0.1, -0.05) is 18.2 Å². The summed E-state index contributed by atoms with van der Waals surface area (Å²) in [5, 5.41) is 0. The second kappa shape index (κ2) is 6.19. The van der Waals surface area contributed by atoms with Gasteiger partial charge in [-0.25, -0.2) is 4.39 Å². The van der Waals surface area contributed by atoms with Gasteiger partial charge < -0.3 is 9.47 Å². The van der Waals surface area contributed by atoms with Crippen LogP contribution in [0.2, 0.25) is 0 Å². The Kier molecular flexibility index (Phi) is 4.35. The second-order valence-corrected chi connectivity index (χ2v) is 4.32. The van der Waals surface area contributed by atoms with Crippen LogP contribution in [0.25, 0.3) is 0 Å². The molecule has 2 rings (SSSR count). The van der Waals surface area contributed by atoms with Gasteiger partial charge in [-0.3, -0.25) is 4.79 Å². The van der Waals surface area contributed by atoms with E-state index in [1.807, 2.05) is 25.1 Å². The maximum atomic E-state index is 13.2. The molecular weight excluding hydrogens is 259 g/mol. The molecule has 0 heterocycles. The molecule has 0 radical (unpaired) electrons. The first kappa shape index (κ1) is 14.1. The number of benzene rings is 2. The molecule has 0 aliphatic rings. The third-order valence-corrected chi connectivity index (χ3v) is 2.91. The van der Waals surface area contributed by atoms with Crippen molar-refractivity contribution in [2.24, 2.45) is 0 Å². The Labute approximate surface area is 117 Å². The highest BCUT2D eigenvalue weighted by Crippen LogP contribution is 2.21. The van der Waals surface area contributed by atoms with Gasteiger partial charge in [-0.2, -0.15) is 0 Å². The quantitative estimate of drug-likeness (QED) is 0.784. The van der Waals surface area contributed by atoms with Crippen molar-refractivity contribution in [2.75, 3.05) is 13.7 Å². The molecule has 104 valence electrons. The number of methoxy groups -OCH3 is 1. The van der Waals surface area contributed by atoms with E-state index < -0.39 is 5.82 Å². The predicted molar refractivity (Wildman–Crippen MR) is 74.0 cm³/mol. The van der Waals surface area contributed by atoms with Crippen molar-refractivity contribution in [3.05, 3.63) is 59.4 Å². The van der Waals surface area contributed by atoms with Gasteiger partial charge in [0, 0.05) is 0 Å². The number of hydrogen-bond acceptors (Lipinski definition) is 3. The van der Waals surface area contributed by atoms with Crippen LogP contribution >= 0.6 is 0 Å². The Morgan fingerprint density at radius 1 is 1.15 bits per heavy atom. The monoisotopic (exact) mass is 274 g/mol. The number of para-hydroxylation sites is 1. The molecule has 0 aliphatic heterocycles. The van der Waals surface area contributed by atoms with Crippen molar-refractivity contribution >= 4 is 5.78 Å². The first-order chi connectivity index (χ1) is 9.61. The van der Waals surface area contributed by atoms with Crippen LogP contribution in [-0.2, 0) is 0 Å². The van der Waals surface area contributed by atoms with Crippen LogP contribution in [0.3, 0.4) is 0 Å². The summed E-state index contributed by atoms with van der Waals surface area (Å²) in [6, 6.07) is 11.2. The molecule has 4 heteroatoms. The molecule has 0 amide bonds. The van der Waals surface area contributed by atoms with Crippen molar-refractivity contribution in [3.63, 3.8) is 0 Å². The molecule has 2 aromatic rings. The van der Waals surface area contributed by atoms with Crippen LogP contribution in [0.15, 0.2) is 42.5 Å². The zero-order chi connectivity index (χ0) is 14.5. The molecule has 0 bridgehead atoms. The molecule has 0 atom stereocenters. The second-order valence-electron chi connectivity index (χ2n) is 4.32. The molecule has 0 unspecified atom stereocenters. The van der Waals surface area contributed by atoms with E-state index in [0.29, 0.717) is 11.5 Å². The number of hydrogen-bond donors (Lipinski definition) is 0. The van der Waals surface area contributed by atoms with Crippen LogP contribution < -0.4 is 9.47 Å². The molecule has 0 saturated carbocycles. The first-order valence-corrected chi connectivity index (χ1v) is 6.17. The highest BCUT2D eigenvalue weighted by Gasteiger charge is 2.14. The lowest BCUT2D eigenvalue weighted by Gasteiger charge is -2.10. The minimum Gasteiger partial charge on any atom is -0.496 e. The number of ether oxygens (including phenoxy) is 2. The number of carbonyl (C=O) groups excluding carboxylic acids is 1. The maximum Gasteiger partial charge on any atom is 0.204 e. The average Bonchev–Trinajstić information content (AvgIpc) is 2.46. The van der Waals surface area contributed by atoms with Gasteiger partial charge in [0.05, 0.1) is 12.7 Å². The van der Waals surface area contributed by atoms with E-state index in [4.69, 9.17) is 9.47 Å². The summed E-state index contributed by atoms with van der Waals surface area (Å²) >= 11 is 0. The number of ketones is 1. The van der Waals surface area contributed by atoms with Gasteiger partial charge >= 0.3 is 0 Å². The molecule has 0 aromatic heterocycles. The number of carbonyl (C=O) groups is 1. The predicted octanol–water partition coefficient (Wildman–Crippen LogP) is 3.40. The van der Waals surface area contributed by atoms with Crippen molar-refractivity contribution in [3.8, 4) is 11.5 Å². The van der Waals surface area contributed by atoms with Crippen molar-refractivity contribution in [2.45, 2.75) is 6.92 Å². The molecular formula is C16H15FO3. The van der Waals surface area contributed by atoms with E-state index >= 15 is 0 Å². The molecule has 0 saturated heterocycles. The van der Waals surface area contributed by atoms with Gasteiger partial charge in [0.2, 0.25) is 5.78 Å². The number of halogens is 1. The van der Waals surface area contributed by atoms with Crippen molar-refractivity contribution in [1.29, 1.82) is 0 Å². The Hall–Kier alpha value is -2.36. The summed E-state index contributed by atoms with van der Waals surface area (Å²) in [5.41, 5.74) is 1.12. The summed E-state index contributed by atoms with van der Waals surface area (Å²) in [6.45, 7) is 1.73. The first-order valence-electron chi connectivity index (χ1n) is 6.17. The lowest BCUT2D eigenvalue weighted by Crippen LogP contribution is -2.13. The van der Waals surface area contributed by atoms with Gasteiger partial charge in [0.25, 0.3) is 0 Å². The van der Waals surface area contributed by atoms with Crippen molar-refractivity contribution in [1.82, 2.24) is 0 Å². The highest BCUT2D eigenvalue weighted by molar-refractivity contribution is 5.99. The zero-order valence-corrected chi connectivity index (χ0v) is 11.4. The molecule has 2 aromatic carbocycles. The number of Topliss-reactive ketones (excluding diaryl/α,β-unsaturated/α-hetero) is 1. The lowest BCUT2D eigenvalue weighted by atomic mass is 10.1. The fourth-order valence-corrected chi connectivity index (χ4v) is 1.84. The third-order valence-electron chi connectivity index (χ3n) is 2.91. The number of aryl methyl sites for hydroxylation is 1. The normalized spacial score (nSPS) is 10.2. The lowest BCUT2D eigenvalue weighted by molar-refractivity contribution is 0.0917. The minimum absolute atomic E-state index is 0.162. The van der Waals surface area contributed by atoms with Gasteiger partial charge in [-0.15, -0.1) is 0 Å². The fraction of sp³-hybridized carbons (Fsp3) is 0.188. The van der Waals surface area contributed by atoms with Crippen LogP contribution in [-0.4, -0.2) is 19.5 Å². The molecule has 20 heavy (non-hydrogen) atoms. The fourth-order valence-electron chi connectivity index (χ4n) is 1.84. The van der Waals surface area contributed by atoms with Gasteiger partial charge in [0.15, 0.2) is 6.61 Å². The smallest absolute Gasteiger partial charge is 0.204 e. The summed E-state index contributed by atoms with van der Waals surface area (Å²) in [5.74, 6) is 0.163. The van der Waals surface area contributed by atoms with Gasteiger partial charge in [0.1, 0.15) is 17.3 Å². The van der Waals surface area contributed by atoms with E-state index in [1.54, 1.807) is 6.07 Å². The highest BCUT2D eigenvalue weighted by atomic mass is 19.1. The average molecular weight is 274 g/mol. The Balaban J connectivity index is 2.13. The third kappa shape index (κ3) is 3.15. The van der Waals surface area contributed by atoms with E-state index in [-0.39, 0.29) is 18.0 Å². The number of rotatable bonds is 5. The van der Waals surface area contributed by atoms with Crippen LogP contribution in [0.4, 0.5) is 4.39 Å². The Bertz CT molecular complexity index is 623. The largest absolute Gasteiger partial charge is 0.496 e. The van der Waals surface area contributed by atoms with Crippen LogP contribution in [0, 0.1) is 12.7 Å². The molecule has 0 fully saturated rings. The standard InChI is InChI=1S/C16H15FO3/c1-11-5-3-4-6-15(11)20-10-14(18)13-9-12(17)7-8-16(13)19-2/h3-9H,10H2,1-2H3. The molecule has 0 N–H and O–H groups in total. The maximum absolute atomic E-state index is 13.2.